The second-order valence-electron chi connectivity index (χ2n) is 9.60. The predicted octanol–water partition coefficient (Wildman–Crippen LogP) is 6.42. The van der Waals surface area contributed by atoms with Gasteiger partial charge in [-0.25, -0.2) is 0 Å². The van der Waals surface area contributed by atoms with Crippen molar-refractivity contribution in [3.8, 4) is 0 Å². The first-order valence-electron chi connectivity index (χ1n) is 12.3. The molecule has 0 heteroatoms. The number of fused-ring (bicyclic) bond motifs is 4. The van der Waals surface area contributed by atoms with E-state index in [9.17, 15) is 0 Å². The number of hydrogen-bond acceptors (Lipinski definition) is 0. The van der Waals surface area contributed by atoms with E-state index in [4.69, 9.17) is 0 Å². The van der Waals surface area contributed by atoms with Crippen LogP contribution in [0.1, 0.15) is 5.56 Å². The van der Waals surface area contributed by atoms with Gasteiger partial charge in [-0.1, -0.05) is 134 Å². The van der Waals surface area contributed by atoms with Crippen molar-refractivity contribution < 1.29 is 0 Å². The average molecular weight is 435 g/mol. The molecule has 0 saturated heterocycles. The second-order valence-corrected chi connectivity index (χ2v) is 9.60. The lowest BCUT2D eigenvalue weighted by molar-refractivity contribution is 0.611. The maximum atomic E-state index is 2.43. The molecule has 7 rings (SSSR count). The van der Waals surface area contributed by atoms with Crippen molar-refractivity contribution in [2.75, 3.05) is 0 Å². The molecule has 0 bridgehead atoms. The SMILES string of the molecule is C1=CC2C=CC=C(C3=c4ccccc4=C(c4cccc5ccccc45)C4C=CC=CC34)C2C=C1. The number of allylic oxidation sites excluding steroid dienone is 12. The molecule has 4 aliphatic rings. The van der Waals surface area contributed by atoms with Crippen LogP contribution in [0.4, 0.5) is 0 Å². The van der Waals surface area contributed by atoms with Gasteiger partial charge < -0.3 is 0 Å². The molecule has 0 aromatic heterocycles. The van der Waals surface area contributed by atoms with Crippen LogP contribution in [0.3, 0.4) is 0 Å². The van der Waals surface area contributed by atoms with Gasteiger partial charge >= 0.3 is 0 Å². The Hall–Kier alpha value is -3.90. The lowest BCUT2D eigenvalue weighted by Crippen LogP contribution is -2.41. The Bertz CT molecular complexity index is 1610. The number of rotatable bonds is 2. The lowest BCUT2D eigenvalue weighted by atomic mass is 9.66. The Morgan fingerprint density at radius 2 is 1.09 bits per heavy atom. The summed E-state index contributed by atoms with van der Waals surface area (Å²) in [6.45, 7) is 0. The third kappa shape index (κ3) is 2.92. The van der Waals surface area contributed by atoms with Crippen molar-refractivity contribution in [2.45, 2.75) is 0 Å². The minimum atomic E-state index is 0.314. The smallest absolute Gasteiger partial charge is 0.0137 e. The zero-order valence-electron chi connectivity index (χ0n) is 19.0. The van der Waals surface area contributed by atoms with Crippen LogP contribution in [0.25, 0.3) is 21.9 Å². The van der Waals surface area contributed by atoms with E-state index in [1.165, 1.54) is 43.5 Å². The summed E-state index contributed by atoms with van der Waals surface area (Å²) >= 11 is 0. The van der Waals surface area contributed by atoms with Gasteiger partial charge in [-0.05, 0) is 43.5 Å². The van der Waals surface area contributed by atoms with E-state index < -0.39 is 0 Å². The lowest BCUT2D eigenvalue weighted by Gasteiger charge is -2.38. The predicted molar refractivity (Wildman–Crippen MR) is 143 cm³/mol. The van der Waals surface area contributed by atoms with Crippen molar-refractivity contribution in [3.63, 3.8) is 0 Å². The van der Waals surface area contributed by atoms with Crippen molar-refractivity contribution >= 4 is 21.9 Å². The van der Waals surface area contributed by atoms with Crippen LogP contribution in [0.15, 0.2) is 139 Å². The first kappa shape index (κ1) is 19.6. The van der Waals surface area contributed by atoms with E-state index in [-0.39, 0.29) is 0 Å². The Balaban J connectivity index is 1.59. The first-order valence-corrected chi connectivity index (χ1v) is 12.3. The Morgan fingerprint density at radius 1 is 0.471 bits per heavy atom. The summed E-state index contributed by atoms with van der Waals surface area (Å²) in [6.07, 6.45) is 25.4. The van der Waals surface area contributed by atoms with Crippen LogP contribution in [0.5, 0.6) is 0 Å². The first-order chi connectivity index (χ1) is 16.9. The average Bonchev–Trinajstić information content (AvgIpc) is 2.91. The summed E-state index contributed by atoms with van der Waals surface area (Å²) in [5.41, 5.74) is 5.76. The molecule has 0 aliphatic heterocycles. The molecule has 0 nitrogen and oxygen atoms in total. The molecule has 4 aliphatic carbocycles. The highest BCUT2D eigenvalue weighted by Gasteiger charge is 2.36. The highest BCUT2D eigenvalue weighted by molar-refractivity contribution is 5.96. The minimum Gasteiger partial charge on any atom is -0.0767 e. The molecular weight excluding hydrogens is 408 g/mol. The van der Waals surface area contributed by atoms with Crippen LogP contribution < -0.4 is 10.4 Å². The van der Waals surface area contributed by atoms with Gasteiger partial charge in [-0.15, -0.1) is 0 Å². The van der Waals surface area contributed by atoms with Gasteiger partial charge in [-0.2, -0.15) is 0 Å². The van der Waals surface area contributed by atoms with E-state index in [0.717, 1.165) is 0 Å². The highest BCUT2D eigenvalue weighted by atomic mass is 14.4. The molecule has 4 atom stereocenters. The van der Waals surface area contributed by atoms with Crippen LogP contribution in [0.2, 0.25) is 0 Å². The second kappa shape index (κ2) is 7.85. The van der Waals surface area contributed by atoms with Crippen LogP contribution in [-0.2, 0) is 0 Å². The summed E-state index contributed by atoms with van der Waals surface area (Å²) in [4.78, 5) is 0. The van der Waals surface area contributed by atoms with E-state index in [0.29, 0.717) is 23.7 Å². The zero-order valence-corrected chi connectivity index (χ0v) is 19.0. The number of hydrogen-bond donors (Lipinski definition) is 0. The minimum absolute atomic E-state index is 0.314. The van der Waals surface area contributed by atoms with E-state index >= 15 is 0 Å². The van der Waals surface area contributed by atoms with Crippen LogP contribution in [-0.4, -0.2) is 0 Å². The highest BCUT2D eigenvalue weighted by Crippen LogP contribution is 2.45. The molecule has 3 aromatic carbocycles. The van der Waals surface area contributed by atoms with Gasteiger partial charge in [0.1, 0.15) is 0 Å². The fraction of sp³-hybridized carbons (Fsp3) is 0.118. The summed E-state index contributed by atoms with van der Waals surface area (Å²) in [7, 11) is 0. The third-order valence-electron chi connectivity index (χ3n) is 7.85. The van der Waals surface area contributed by atoms with Crippen molar-refractivity contribution in [3.05, 3.63) is 155 Å². The molecule has 3 aromatic rings. The van der Waals surface area contributed by atoms with Crippen molar-refractivity contribution in [2.24, 2.45) is 23.7 Å². The molecule has 0 heterocycles. The Morgan fingerprint density at radius 3 is 1.94 bits per heavy atom. The summed E-state index contributed by atoms with van der Waals surface area (Å²) in [5.74, 6) is 1.48. The molecule has 0 fully saturated rings. The topological polar surface area (TPSA) is 0 Å². The zero-order chi connectivity index (χ0) is 22.5. The molecular formula is C34H26. The summed E-state index contributed by atoms with van der Waals surface area (Å²) < 4.78 is 0. The van der Waals surface area contributed by atoms with Crippen molar-refractivity contribution in [1.82, 2.24) is 0 Å². The van der Waals surface area contributed by atoms with E-state index in [1.54, 1.807) is 0 Å². The normalized spacial score (nSPS) is 26.3. The molecule has 0 saturated carbocycles. The Kier molecular flexibility index (Phi) is 4.52. The van der Waals surface area contributed by atoms with Gasteiger partial charge in [0, 0.05) is 23.7 Å². The molecule has 0 radical (unpaired) electrons. The van der Waals surface area contributed by atoms with Gasteiger partial charge in [-0.3, -0.25) is 0 Å². The van der Waals surface area contributed by atoms with Gasteiger partial charge in [0.05, 0.1) is 0 Å². The summed E-state index contributed by atoms with van der Waals surface area (Å²) in [5, 5.41) is 5.39. The quantitative estimate of drug-likeness (QED) is 0.437. The summed E-state index contributed by atoms with van der Waals surface area (Å²) in [6, 6.07) is 24.6. The third-order valence-corrected chi connectivity index (χ3v) is 7.85. The molecule has 0 N–H and O–H groups in total. The fourth-order valence-electron chi connectivity index (χ4n) is 6.39. The molecule has 4 unspecified atom stereocenters. The molecule has 162 valence electrons. The van der Waals surface area contributed by atoms with Crippen LogP contribution >= 0.6 is 0 Å². The largest absolute Gasteiger partial charge is 0.0767 e. The van der Waals surface area contributed by atoms with Crippen molar-refractivity contribution in [1.29, 1.82) is 0 Å². The van der Waals surface area contributed by atoms with E-state index in [1.807, 2.05) is 0 Å². The van der Waals surface area contributed by atoms with E-state index in [2.05, 4.69) is 134 Å². The monoisotopic (exact) mass is 434 g/mol. The maximum Gasteiger partial charge on any atom is 0.0137 e. The Labute approximate surface area is 200 Å². The molecule has 0 amide bonds. The van der Waals surface area contributed by atoms with Gasteiger partial charge in [0.15, 0.2) is 0 Å². The molecule has 34 heavy (non-hydrogen) atoms. The van der Waals surface area contributed by atoms with Crippen LogP contribution in [0, 0.1) is 23.7 Å². The maximum absolute atomic E-state index is 2.43. The number of benzene rings is 3. The standard InChI is InChI=1S/C34H26/c1-3-15-25-23(11-1)13-9-21-27(25)33-29-17-5-7-19-31(29)34(32-20-8-6-18-30(32)33)28-22-10-14-24-12-2-4-16-26(24)28/h1-23,25,29,31H. The molecule has 0 spiro atoms. The fourth-order valence-corrected chi connectivity index (χ4v) is 6.39. The van der Waals surface area contributed by atoms with Gasteiger partial charge in [0.2, 0.25) is 0 Å². The van der Waals surface area contributed by atoms with Gasteiger partial charge in [0.25, 0.3) is 0 Å².